The zero-order valence-electron chi connectivity index (χ0n) is 14.5. The van der Waals surface area contributed by atoms with Gasteiger partial charge in [0, 0.05) is 18.3 Å². The number of nitrogens with zero attached hydrogens (tertiary/aromatic N) is 3. The molecule has 4 aromatic rings. The van der Waals surface area contributed by atoms with Crippen LogP contribution in [0.3, 0.4) is 0 Å². The Morgan fingerprint density at radius 2 is 1.74 bits per heavy atom. The predicted octanol–water partition coefficient (Wildman–Crippen LogP) is 2.86. The molecule has 6 nitrogen and oxygen atoms in total. The molecule has 0 saturated carbocycles. The van der Waals surface area contributed by atoms with Gasteiger partial charge in [-0.25, -0.2) is 9.50 Å². The molecule has 27 heavy (non-hydrogen) atoms. The molecule has 134 valence electrons. The first-order chi connectivity index (χ1) is 13.2. The Hall–Kier alpha value is -3.51. The van der Waals surface area contributed by atoms with Crippen molar-refractivity contribution in [2.24, 2.45) is 0 Å². The van der Waals surface area contributed by atoms with Crippen LogP contribution in [-0.4, -0.2) is 32.2 Å². The first-order valence-corrected chi connectivity index (χ1v) is 8.63. The number of rotatable bonds is 5. The van der Waals surface area contributed by atoms with E-state index in [4.69, 9.17) is 0 Å². The van der Waals surface area contributed by atoms with Crippen molar-refractivity contribution in [2.75, 3.05) is 6.54 Å². The summed E-state index contributed by atoms with van der Waals surface area (Å²) in [6.45, 7) is 0.110. The highest BCUT2D eigenvalue weighted by molar-refractivity contribution is 5.99. The topological polar surface area (TPSA) is 79.5 Å². The third-order valence-electron chi connectivity index (χ3n) is 4.36. The van der Waals surface area contributed by atoms with Crippen LogP contribution in [0.25, 0.3) is 16.9 Å². The minimum absolute atomic E-state index is 0.110. The Morgan fingerprint density at radius 1 is 1.04 bits per heavy atom. The number of carbonyl (C=O) groups excluding carboxylic acids is 1. The van der Waals surface area contributed by atoms with Gasteiger partial charge in [0.25, 0.3) is 5.91 Å². The lowest BCUT2D eigenvalue weighted by molar-refractivity contribution is 0.0917. The molecule has 0 fully saturated rings. The molecule has 2 aromatic heterocycles. The molecule has 4 rings (SSSR count). The van der Waals surface area contributed by atoms with E-state index in [1.54, 1.807) is 10.7 Å². The molecule has 2 N–H and O–H groups in total. The van der Waals surface area contributed by atoms with E-state index in [1.807, 2.05) is 66.7 Å². The Kier molecular flexibility index (Phi) is 4.63. The van der Waals surface area contributed by atoms with Gasteiger partial charge in [0.05, 0.1) is 18.0 Å². The van der Waals surface area contributed by atoms with Gasteiger partial charge in [-0.15, -0.1) is 0 Å². The molecule has 0 unspecified atom stereocenters. The van der Waals surface area contributed by atoms with Gasteiger partial charge in [-0.2, -0.15) is 5.10 Å². The Labute approximate surface area is 156 Å². The summed E-state index contributed by atoms with van der Waals surface area (Å²) in [7, 11) is 0. The number of benzene rings is 2. The molecule has 0 bridgehead atoms. The van der Waals surface area contributed by atoms with E-state index >= 15 is 0 Å². The maximum atomic E-state index is 12.6. The van der Waals surface area contributed by atoms with Gasteiger partial charge in [0.1, 0.15) is 5.56 Å². The lowest BCUT2D eigenvalue weighted by Crippen LogP contribution is -2.28. The number of fused-ring (bicyclic) bond motifs is 1. The van der Waals surface area contributed by atoms with Crippen LogP contribution in [0.4, 0.5) is 0 Å². The van der Waals surface area contributed by atoms with E-state index in [0.29, 0.717) is 11.2 Å². The molecule has 0 saturated heterocycles. The molecule has 0 aliphatic heterocycles. The quantitative estimate of drug-likeness (QED) is 0.575. The lowest BCUT2D eigenvalue weighted by atomic mass is 10.1. The highest BCUT2D eigenvalue weighted by Crippen LogP contribution is 2.20. The van der Waals surface area contributed by atoms with Crippen molar-refractivity contribution < 1.29 is 9.90 Å². The number of hydrogen-bond acceptors (Lipinski definition) is 4. The number of hydrogen-bond donors (Lipinski definition) is 2. The number of nitrogens with one attached hydrogen (secondary N) is 1. The minimum Gasteiger partial charge on any atom is -0.387 e. The summed E-state index contributed by atoms with van der Waals surface area (Å²) in [5.74, 6) is -0.322. The first kappa shape index (κ1) is 16.9. The van der Waals surface area contributed by atoms with Crippen molar-refractivity contribution in [3.05, 3.63) is 90.3 Å². The highest BCUT2D eigenvalue weighted by atomic mass is 16.3. The summed E-state index contributed by atoms with van der Waals surface area (Å²) in [6, 6.07) is 20.9. The fourth-order valence-corrected chi connectivity index (χ4v) is 2.96. The normalized spacial score (nSPS) is 12.0. The van der Waals surface area contributed by atoms with Crippen LogP contribution in [0.5, 0.6) is 0 Å². The number of aliphatic hydroxyl groups excluding tert-OH is 1. The van der Waals surface area contributed by atoms with Gasteiger partial charge in [-0.05, 0) is 11.6 Å². The van der Waals surface area contributed by atoms with Gasteiger partial charge >= 0.3 is 0 Å². The molecular weight excluding hydrogens is 340 g/mol. The molecule has 2 heterocycles. The second-order valence-electron chi connectivity index (χ2n) is 6.13. The van der Waals surface area contributed by atoms with Crippen LogP contribution < -0.4 is 5.32 Å². The zero-order valence-corrected chi connectivity index (χ0v) is 14.5. The van der Waals surface area contributed by atoms with Crippen molar-refractivity contribution in [3.63, 3.8) is 0 Å². The van der Waals surface area contributed by atoms with Gasteiger partial charge in [-0.3, -0.25) is 4.79 Å². The molecule has 0 aliphatic carbocycles. The number of amides is 1. The van der Waals surface area contributed by atoms with Gasteiger partial charge < -0.3 is 10.4 Å². The average molecular weight is 358 g/mol. The molecule has 0 aliphatic rings. The Bertz CT molecular complexity index is 1060. The second-order valence-corrected chi connectivity index (χ2v) is 6.13. The van der Waals surface area contributed by atoms with E-state index in [-0.39, 0.29) is 12.5 Å². The maximum Gasteiger partial charge on any atom is 0.256 e. The number of aliphatic hydroxyl groups is 1. The van der Waals surface area contributed by atoms with Crippen molar-refractivity contribution in [1.29, 1.82) is 0 Å². The molecule has 0 spiro atoms. The SMILES string of the molecule is O=C(NC[C@@H](O)c1ccccc1)c1cnn2c(-c3ccccc3)ccnc12. The van der Waals surface area contributed by atoms with E-state index in [9.17, 15) is 9.90 Å². The number of aromatic nitrogens is 3. The third kappa shape index (κ3) is 3.43. The molecule has 0 radical (unpaired) electrons. The van der Waals surface area contributed by atoms with E-state index in [2.05, 4.69) is 15.4 Å². The highest BCUT2D eigenvalue weighted by Gasteiger charge is 2.17. The summed E-state index contributed by atoms with van der Waals surface area (Å²) >= 11 is 0. The molecule has 6 heteroatoms. The lowest BCUT2D eigenvalue weighted by Gasteiger charge is -2.11. The molecule has 2 aromatic carbocycles. The van der Waals surface area contributed by atoms with Crippen molar-refractivity contribution in [2.45, 2.75) is 6.10 Å². The molecule has 1 atom stereocenters. The first-order valence-electron chi connectivity index (χ1n) is 8.63. The zero-order chi connectivity index (χ0) is 18.6. The molecular formula is C21H18N4O2. The van der Waals surface area contributed by atoms with Crippen LogP contribution in [0.15, 0.2) is 79.1 Å². The Balaban J connectivity index is 1.56. The van der Waals surface area contributed by atoms with Crippen molar-refractivity contribution in [3.8, 4) is 11.3 Å². The maximum absolute atomic E-state index is 12.6. The summed E-state index contributed by atoms with van der Waals surface area (Å²) < 4.78 is 1.65. The minimum atomic E-state index is -0.773. The van der Waals surface area contributed by atoms with Crippen LogP contribution in [-0.2, 0) is 0 Å². The summed E-state index contributed by atoms with van der Waals surface area (Å²) in [5, 5.41) is 17.3. The third-order valence-corrected chi connectivity index (χ3v) is 4.36. The van der Waals surface area contributed by atoms with Crippen molar-refractivity contribution >= 4 is 11.6 Å². The van der Waals surface area contributed by atoms with Crippen LogP contribution in [0.2, 0.25) is 0 Å². The van der Waals surface area contributed by atoms with E-state index < -0.39 is 6.10 Å². The number of carbonyl (C=O) groups is 1. The fourth-order valence-electron chi connectivity index (χ4n) is 2.96. The predicted molar refractivity (Wildman–Crippen MR) is 102 cm³/mol. The van der Waals surface area contributed by atoms with Gasteiger partial charge in [0.15, 0.2) is 5.65 Å². The summed E-state index contributed by atoms with van der Waals surface area (Å²) in [6.07, 6.45) is 2.39. The fraction of sp³-hybridized carbons (Fsp3) is 0.0952. The Morgan fingerprint density at radius 3 is 2.48 bits per heavy atom. The molecule has 1 amide bonds. The smallest absolute Gasteiger partial charge is 0.256 e. The largest absolute Gasteiger partial charge is 0.387 e. The van der Waals surface area contributed by atoms with Crippen molar-refractivity contribution in [1.82, 2.24) is 19.9 Å². The van der Waals surface area contributed by atoms with Crippen LogP contribution in [0.1, 0.15) is 22.0 Å². The monoisotopic (exact) mass is 358 g/mol. The summed E-state index contributed by atoms with van der Waals surface area (Å²) in [4.78, 5) is 16.9. The van der Waals surface area contributed by atoms with Crippen LogP contribution >= 0.6 is 0 Å². The average Bonchev–Trinajstić information content (AvgIpc) is 3.17. The summed E-state index contributed by atoms with van der Waals surface area (Å²) in [5.41, 5.74) is 3.43. The van der Waals surface area contributed by atoms with Gasteiger partial charge in [0.2, 0.25) is 0 Å². The van der Waals surface area contributed by atoms with E-state index in [0.717, 1.165) is 16.8 Å². The second kappa shape index (κ2) is 7.39. The van der Waals surface area contributed by atoms with E-state index in [1.165, 1.54) is 6.20 Å². The van der Waals surface area contributed by atoms with Crippen LogP contribution in [0, 0.1) is 0 Å². The standard InChI is InChI=1S/C21H18N4O2/c26-19(16-9-5-2-6-10-16)14-23-21(27)17-13-24-25-18(11-12-22-20(17)25)15-7-3-1-4-8-15/h1-13,19,26H,14H2,(H,23,27)/t19-/m1/s1. The van der Waals surface area contributed by atoms with Gasteiger partial charge in [-0.1, -0.05) is 60.7 Å².